The van der Waals surface area contributed by atoms with Gasteiger partial charge in [0.1, 0.15) is 5.76 Å². The van der Waals surface area contributed by atoms with E-state index < -0.39 is 11.2 Å². The third-order valence-corrected chi connectivity index (χ3v) is 3.34. The van der Waals surface area contributed by atoms with Gasteiger partial charge in [-0.3, -0.25) is 15.1 Å². The third-order valence-electron chi connectivity index (χ3n) is 3.34. The molecule has 25 heavy (non-hydrogen) atoms. The van der Waals surface area contributed by atoms with Crippen molar-refractivity contribution in [2.75, 3.05) is 19.8 Å². The monoisotopic (exact) mass is 347 g/mol. The highest BCUT2D eigenvalue weighted by molar-refractivity contribution is 5.95. The summed E-state index contributed by atoms with van der Waals surface area (Å²) < 4.78 is 16.5. The van der Waals surface area contributed by atoms with Gasteiger partial charge in [0, 0.05) is 30.9 Å². The molecule has 0 spiro atoms. The minimum Gasteiger partial charge on any atom is -0.453 e. The Kier molecular flexibility index (Phi) is 6.67. The molecule has 8 heteroatoms. The van der Waals surface area contributed by atoms with Gasteiger partial charge < -0.3 is 19.6 Å². The van der Waals surface area contributed by atoms with Gasteiger partial charge in [-0.15, -0.1) is 0 Å². The Morgan fingerprint density at radius 3 is 2.40 bits per heavy atom. The van der Waals surface area contributed by atoms with Crippen molar-refractivity contribution in [1.29, 1.82) is 0 Å². The molecule has 1 aromatic heterocycles. The molecule has 0 fully saturated rings. The first-order valence-electron chi connectivity index (χ1n) is 7.93. The Hall–Kier alpha value is -2.71. The zero-order valence-electron chi connectivity index (χ0n) is 14.2. The number of rotatable bonds is 9. The van der Waals surface area contributed by atoms with Crippen molar-refractivity contribution in [3.05, 3.63) is 52.3 Å². The number of nitrogens with zero attached hydrogens (tertiary/aromatic N) is 2. The molecular weight excluding hydrogens is 326 g/mol. The molecule has 0 unspecified atom stereocenters. The SMILES string of the molecule is CCOC(CN=C(N)c1ccc(-c2ccc([N+](=O)[O-])cc2)o1)OCC. The highest BCUT2D eigenvalue weighted by Gasteiger charge is 2.12. The van der Waals surface area contributed by atoms with Crippen LogP contribution in [0.3, 0.4) is 0 Å². The number of nitro benzene ring substituents is 1. The molecule has 0 bridgehead atoms. The molecule has 0 radical (unpaired) electrons. The average Bonchev–Trinajstić information content (AvgIpc) is 3.10. The van der Waals surface area contributed by atoms with Crippen molar-refractivity contribution in [3.63, 3.8) is 0 Å². The normalized spacial score (nSPS) is 11.9. The smallest absolute Gasteiger partial charge is 0.269 e. The Balaban J connectivity index is 2.08. The van der Waals surface area contributed by atoms with E-state index in [2.05, 4.69) is 4.99 Å². The lowest BCUT2D eigenvalue weighted by atomic mass is 10.1. The second-order valence-corrected chi connectivity index (χ2v) is 5.03. The highest BCUT2D eigenvalue weighted by atomic mass is 16.7. The number of non-ortho nitro benzene ring substituents is 1. The van der Waals surface area contributed by atoms with Crippen LogP contribution in [-0.2, 0) is 9.47 Å². The fourth-order valence-electron chi connectivity index (χ4n) is 2.15. The fourth-order valence-corrected chi connectivity index (χ4v) is 2.15. The van der Waals surface area contributed by atoms with Crippen LogP contribution < -0.4 is 5.73 Å². The Morgan fingerprint density at radius 1 is 1.20 bits per heavy atom. The van der Waals surface area contributed by atoms with E-state index in [0.717, 1.165) is 0 Å². The molecule has 2 rings (SSSR count). The lowest BCUT2D eigenvalue weighted by molar-refractivity contribution is -0.384. The van der Waals surface area contributed by atoms with Crippen LogP contribution in [0, 0.1) is 10.1 Å². The minimum absolute atomic E-state index is 0.0227. The first-order chi connectivity index (χ1) is 12.0. The number of amidine groups is 1. The van der Waals surface area contributed by atoms with Crippen LogP contribution in [0.1, 0.15) is 19.6 Å². The predicted molar refractivity (Wildman–Crippen MR) is 93.4 cm³/mol. The Labute approximate surface area is 145 Å². The molecule has 0 saturated carbocycles. The second-order valence-electron chi connectivity index (χ2n) is 5.03. The van der Waals surface area contributed by atoms with Crippen molar-refractivity contribution in [1.82, 2.24) is 0 Å². The summed E-state index contributed by atoms with van der Waals surface area (Å²) in [6.07, 6.45) is -0.447. The van der Waals surface area contributed by atoms with Crippen LogP contribution in [0.5, 0.6) is 0 Å². The zero-order chi connectivity index (χ0) is 18.2. The van der Waals surface area contributed by atoms with Gasteiger partial charge in [-0.2, -0.15) is 0 Å². The molecule has 0 aliphatic carbocycles. The van der Waals surface area contributed by atoms with Crippen molar-refractivity contribution in [3.8, 4) is 11.3 Å². The van der Waals surface area contributed by atoms with Gasteiger partial charge in [-0.05, 0) is 38.1 Å². The van der Waals surface area contributed by atoms with Crippen LogP contribution in [0.15, 0.2) is 45.8 Å². The summed E-state index contributed by atoms with van der Waals surface area (Å²) in [5.41, 5.74) is 6.68. The molecule has 1 aromatic carbocycles. The van der Waals surface area contributed by atoms with Gasteiger partial charge in [0.2, 0.25) is 0 Å². The summed E-state index contributed by atoms with van der Waals surface area (Å²) in [5, 5.41) is 10.7. The summed E-state index contributed by atoms with van der Waals surface area (Å²) in [6.45, 7) is 5.06. The van der Waals surface area contributed by atoms with E-state index in [1.807, 2.05) is 13.8 Å². The van der Waals surface area contributed by atoms with E-state index in [1.165, 1.54) is 12.1 Å². The van der Waals surface area contributed by atoms with E-state index in [-0.39, 0.29) is 18.1 Å². The van der Waals surface area contributed by atoms with E-state index in [9.17, 15) is 10.1 Å². The van der Waals surface area contributed by atoms with Gasteiger partial charge in [0.25, 0.3) is 5.69 Å². The van der Waals surface area contributed by atoms with Gasteiger partial charge in [-0.1, -0.05) is 0 Å². The lowest BCUT2D eigenvalue weighted by Crippen LogP contribution is -2.23. The molecule has 0 atom stereocenters. The standard InChI is InChI=1S/C17H21N3O5/c1-3-23-16(24-4-2)11-19-17(18)15-10-9-14(25-15)12-5-7-13(8-6-12)20(21)22/h5-10,16H,3-4,11H2,1-2H3,(H2,18,19). The maximum Gasteiger partial charge on any atom is 0.269 e. The van der Waals surface area contributed by atoms with Crippen LogP contribution in [0.2, 0.25) is 0 Å². The average molecular weight is 347 g/mol. The van der Waals surface area contributed by atoms with Crippen LogP contribution in [-0.4, -0.2) is 36.8 Å². The quantitative estimate of drug-likeness (QED) is 0.245. The van der Waals surface area contributed by atoms with Gasteiger partial charge in [0.15, 0.2) is 17.9 Å². The summed E-state index contributed by atoms with van der Waals surface area (Å²) in [7, 11) is 0. The topological polar surface area (TPSA) is 113 Å². The van der Waals surface area contributed by atoms with E-state index in [4.69, 9.17) is 19.6 Å². The first kappa shape index (κ1) is 18.6. The summed E-state index contributed by atoms with van der Waals surface area (Å²) in [4.78, 5) is 14.5. The van der Waals surface area contributed by atoms with Crippen LogP contribution in [0.25, 0.3) is 11.3 Å². The third kappa shape index (κ3) is 5.13. The number of nitrogens with two attached hydrogens (primary N) is 1. The van der Waals surface area contributed by atoms with Crippen LogP contribution in [0.4, 0.5) is 5.69 Å². The molecule has 2 aromatic rings. The van der Waals surface area contributed by atoms with Gasteiger partial charge in [-0.25, -0.2) is 0 Å². The maximum atomic E-state index is 10.7. The highest BCUT2D eigenvalue weighted by Crippen LogP contribution is 2.24. The number of hydrogen-bond acceptors (Lipinski definition) is 6. The van der Waals surface area contributed by atoms with E-state index >= 15 is 0 Å². The van der Waals surface area contributed by atoms with E-state index in [1.54, 1.807) is 24.3 Å². The number of furan rings is 1. The Bertz CT molecular complexity index is 718. The molecule has 134 valence electrons. The number of benzene rings is 1. The van der Waals surface area contributed by atoms with Crippen molar-refractivity contribution >= 4 is 11.5 Å². The summed E-state index contributed by atoms with van der Waals surface area (Å²) in [5.74, 6) is 1.20. The number of aliphatic imine (C=N–C) groups is 1. The molecule has 8 nitrogen and oxygen atoms in total. The Morgan fingerprint density at radius 2 is 1.84 bits per heavy atom. The second kappa shape index (κ2) is 8.95. The number of hydrogen-bond donors (Lipinski definition) is 1. The summed E-state index contributed by atoms with van der Waals surface area (Å²) >= 11 is 0. The van der Waals surface area contributed by atoms with Crippen molar-refractivity contribution in [2.24, 2.45) is 10.7 Å². The number of nitro groups is 1. The van der Waals surface area contributed by atoms with Crippen LogP contribution >= 0.6 is 0 Å². The lowest BCUT2D eigenvalue weighted by Gasteiger charge is -2.14. The molecule has 0 amide bonds. The summed E-state index contributed by atoms with van der Waals surface area (Å²) in [6, 6.07) is 9.52. The van der Waals surface area contributed by atoms with Crippen molar-refractivity contribution < 1.29 is 18.8 Å². The molecule has 1 heterocycles. The van der Waals surface area contributed by atoms with E-state index in [0.29, 0.717) is 30.3 Å². The molecule has 2 N–H and O–H groups in total. The van der Waals surface area contributed by atoms with Crippen molar-refractivity contribution in [2.45, 2.75) is 20.1 Å². The number of ether oxygens (including phenoxy) is 2. The minimum atomic E-state index is -0.449. The predicted octanol–water partition coefficient (Wildman–Crippen LogP) is 2.96. The largest absolute Gasteiger partial charge is 0.453 e. The zero-order valence-corrected chi connectivity index (χ0v) is 14.2. The molecule has 0 aliphatic rings. The fraction of sp³-hybridized carbons (Fsp3) is 0.353. The first-order valence-corrected chi connectivity index (χ1v) is 7.93. The maximum absolute atomic E-state index is 10.7. The molecular formula is C17H21N3O5. The van der Waals surface area contributed by atoms with Gasteiger partial charge >= 0.3 is 0 Å². The molecule has 0 aliphatic heterocycles. The molecule has 0 saturated heterocycles. The van der Waals surface area contributed by atoms with Gasteiger partial charge in [0.05, 0.1) is 11.5 Å².